The minimum atomic E-state index is -4.83. The standard InChI is InChI=1S/C44H40F4N10O6.C22H17F4N3O3.C22H25N7O4.CH3F.CH4/c1-49-37-27-18-26(29(44(46,47)48)19-32(27)51-20-28(37)39(61)52-23-8-9-23)22-7-10-24(30(45)17-22)38(60)50-15-2-3-16-57-21-34(55-56-57)43(13-14-43)54-31-6-4-5-25-36(31)42(64)58(41(25)63)33-11-12-35(59)53-40(33)62;1-27-19-14-7-13(10-2-5-12(21(31)32)17(23)6-10)16(22(24,25)26)8-18(14)28-9-15(19)20(30)29-11-3-4-11;23-10-1-2-11-28-12-16(26-27-28)22(8-9-22)25-14-5-3-4-13-18(14)21(33)29(20(13)32)15-6-7-17(30)24-19(15)31;1-2;/h4-7,10,17-21,23,33,54H,2-3,8-9,11-16H2,1H3,(H,49,51)(H,50,60)(H,52,61)(H,53,59,62);2,5-9,11H,3-4H2,1H3,(H,27,28)(H,29,30)(H,31,32);3-5,12,15,25H,1-2,6-11,23H2,(H,24,30,31);1H3;1H4/i;;;1D;. The SMILES string of the molecule is C.CNc1c(C(=O)NC2CC2)cnc2cc(C(F)(F)F)c(-c3ccc(C(=O)NCCCCn4cc(C5(Nc6cccc7c6C(=O)N(C6CCC(=O)NC6=O)C7=O)CC5)nn4)c(F)c3)cc12.CNc1c(C(=O)NC2CC2)cnc2cc(C(F)(F)F)c(-c3ccc(C(=O)O)c(F)c3)cc12.NCCCCn1cc(C2(Nc3cccc4c3C(=O)N(C3CCC(=O)NC3=O)C4=O)CC2)nn1.[2H]CF. The summed E-state index contributed by atoms with van der Waals surface area (Å²) in [5.41, 5.74) is 4.31. The summed E-state index contributed by atoms with van der Waals surface area (Å²) in [6.07, 6.45) is 5.94. The minimum Gasteiger partial charge on any atom is -0.478 e. The number of aromatic carboxylic acids is 1. The highest BCUT2D eigenvalue weighted by molar-refractivity contribution is 6.27. The van der Waals surface area contributed by atoms with E-state index >= 15 is 4.39 Å². The van der Waals surface area contributed by atoms with Crippen molar-refractivity contribution in [2.45, 2.75) is 171 Å². The van der Waals surface area contributed by atoms with Crippen LogP contribution in [0.2, 0.25) is 0 Å². The number of hydrogen-bond donors (Lipinski definition) is 11. The summed E-state index contributed by atoms with van der Waals surface area (Å²) in [7, 11) is 2.07. The molecule has 4 aromatic heterocycles. The van der Waals surface area contributed by atoms with E-state index in [-0.39, 0.29) is 146 Å². The van der Waals surface area contributed by atoms with Crippen LogP contribution in [-0.2, 0) is 55.7 Å². The molecule has 690 valence electrons. The number of hydrogen-bond acceptors (Lipinski definition) is 23. The van der Waals surface area contributed by atoms with Crippen molar-refractivity contribution in [1.29, 1.82) is 0 Å². The average molecular weight is 1830 g/mol. The highest BCUT2D eigenvalue weighted by Crippen LogP contribution is 2.52. The Morgan fingerprint density at radius 3 is 1.33 bits per heavy atom. The van der Waals surface area contributed by atoms with Gasteiger partial charge >= 0.3 is 18.3 Å². The van der Waals surface area contributed by atoms with Crippen LogP contribution in [0.1, 0.15) is 217 Å². The number of imide groups is 4. The third kappa shape index (κ3) is 19.2. The second-order valence-corrected chi connectivity index (χ2v) is 32.6. The Morgan fingerprint density at radius 2 is 0.955 bits per heavy atom. The molecular formula is C90H89F9N20O13. The summed E-state index contributed by atoms with van der Waals surface area (Å²) in [6, 6.07) is 18.0. The molecule has 4 saturated carbocycles. The van der Waals surface area contributed by atoms with Gasteiger partial charge in [0, 0.05) is 93.2 Å². The van der Waals surface area contributed by atoms with Crippen LogP contribution >= 0.6 is 0 Å². The van der Waals surface area contributed by atoms with Crippen molar-refractivity contribution in [2.75, 3.05) is 55.6 Å². The smallest absolute Gasteiger partial charge is 0.417 e. The van der Waals surface area contributed by atoms with Crippen molar-refractivity contribution >= 4 is 116 Å². The number of nitrogens with two attached hydrogens (primary N) is 1. The van der Waals surface area contributed by atoms with E-state index in [0.717, 1.165) is 116 Å². The molecule has 2 unspecified atom stereocenters. The van der Waals surface area contributed by atoms with Crippen LogP contribution in [-0.4, -0.2) is 184 Å². The molecule has 0 bridgehead atoms. The van der Waals surface area contributed by atoms with Crippen molar-refractivity contribution in [3.8, 4) is 22.3 Å². The van der Waals surface area contributed by atoms with Crippen LogP contribution in [0.25, 0.3) is 44.1 Å². The van der Waals surface area contributed by atoms with E-state index in [2.05, 4.69) is 78.4 Å². The van der Waals surface area contributed by atoms with E-state index < -0.39 is 142 Å². The molecule has 2 saturated heterocycles. The molecule has 11 amide bonds. The van der Waals surface area contributed by atoms with E-state index in [1.54, 1.807) is 45.9 Å². The Labute approximate surface area is 747 Å². The van der Waals surface area contributed by atoms with E-state index in [0.29, 0.717) is 55.8 Å². The van der Waals surface area contributed by atoms with Gasteiger partial charge in [-0.2, -0.15) is 26.3 Å². The molecule has 6 aromatic carbocycles. The molecule has 12 N–H and O–H groups in total. The number of nitrogens with one attached hydrogen (secondary N) is 9. The first-order chi connectivity index (χ1) is 63.1. The number of carbonyl (C=O) groups is 12. The number of aryl methyl sites for hydroxylation is 2. The normalized spacial score (nSPS) is 17.5. The van der Waals surface area contributed by atoms with Gasteiger partial charge in [0.25, 0.3) is 41.4 Å². The van der Waals surface area contributed by atoms with E-state index in [1.165, 1.54) is 50.8 Å². The summed E-state index contributed by atoms with van der Waals surface area (Å²) < 4.78 is 133. The second kappa shape index (κ2) is 37.8. The van der Waals surface area contributed by atoms with Gasteiger partial charge in [-0.3, -0.25) is 96.9 Å². The molecule has 4 aliphatic heterocycles. The molecule has 0 radical (unpaired) electrons. The van der Waals surface area contributed by atoms with Crippen LogP contribution in [0, 0.1) is 11.6 Å². The van der Waals surface area contributed by atoms with Crippen molar-refractivity contribution in [3.63, 3.8) is 0 Å². The fraction of sp³-hybridized carbons (Fsp3) is 0.356. The quantitative estimate of drug-likeness (QED) is 0.0129. The predicted octanol–water partition coefficient (Wildman–Crippen LogP) is 11.7. The molecule has 8 heterocycles. The average Bonchev–Trinajstić information content (AvgIpc) is 1.63. The minimum absolute atomic E-state index is 0. The van der Waals surface area contributed by atoms with Crippen molar-refractivity contribution in [1.82, 2.24) is 76.3 Å². The topological polar surface area (TPSA) is 453 Å². The number of amides is 11. The lowest BCUT2D eigenvalue weighted by Gasteiger charge is -2.28. The number of aromatic nitrogens is 8. The number of halogens is 9. The third-order valence-corrected chi connectivity index (χ3v) is 23.7. The van der Waals surface area contributed by atoms with Crippen LogP contribution in [0.15, 0.2) is 122 Å². The van der Waals surface area contributed by atoms with Crippen LogP contribution in [0.4, 0.5) is 62.3 Å². The zero-order valence-electron chi connectivity index (χ0n) is 71.0. The lowest BCUT2D eigenvalue weighted by molar-refractivity contribution is -0.137. The van der Waals surface area contributed by atoms with Gasteiger partial charge in [0.15, 0.2) is 0 Å². The number of nitrogens with zero attached hydrogens (tertiary/aromatic N) is 10. The second-order valence-electron chi connectivity index (χ2n) is 32.6. The summed E-state index contributed by atoms with van der Waals surface area (Å²) in [6.45, 7) is 1.94. The fourth-order valence-corrected chi connectivity index (χ4v) is 16.3. The maximum atomic E-state index is 15.5. The third-order valence-electron chi connectivity index (χ3n) is 23.7. The van der Waals surface area contributed by atoms with Gasteiger partial charge < -0.3 is 48.1 Å². The lowest BCUT2D eigenvalue weighted by Crippen LogP contribution is -2.54. The molecule has 2 atom stereocenters. The molecule has 18 rings (SSSR count). The first-order valence-electron chi connectivity index (χ1n) is 42.6. The molecule has 6 fully saturated rings. The molecule has 4 aliphatic carbocycles. The van der Waals surface area contributed by atoms with Gasteiger partial charge in [-0.25, -0.2) is 13.6 Å². The Hall–Kier alpha value is -14.6. The Kier molecular flexibility index (Phi) is 26.4. The number of benzene rings is 6. The van der Waals surface area contributed by atoms with Crippen LogP contribution in [0.3, 0.4) is 0 Å². The summed E-state index contributed by atoms with van der Waals surface area (Å²) in [5.74, 6) is -9.75. The Morgan fingerprint density at radius 1 is 0.538 bits per heavy atom. The lowest BCUT2D eigenvalue weighted by atomic mass is 9.94. The summed E-state index contributed by atoms with van der Waals surface area (Å²) >= 11 is 0. The number of pyridine rings is 2. The number of carboxylic acids is 1. The molecule has 8 aliphatic rings. The zero-order chi connectivity index (χ0) is 94.2. The van der Waals surface area contributed by atoms with Gasteiger partial charge in [-0.1, -0.05) is 42.1 Å². The number of piperidine rings is 2. The monoisotopic (exact) mass is 1830 g/mol. The molecule has 132 heavy (non-hydrogen) atoms. The number of unbranched alkanes of at least 4 members (excludes halogenated alkanes) is 2. The van der Waals surface area contributed by atoms with Gasteiger partial charge in [-0.05, 0) is 191 Å². The molecule has 0 spiro atoms. The fourth-order valence-electron chi connectivity index (χ4n) is 16.3. The summed E-state index contributed by atoms with van der Waals surface area (Å²) in [4.78, 5) is 161. The highest BCUT2D eigenvalue weighted by atomic mass is 19.4. The van der Waals surface area contributed by atoms with Gasteiger partial charge in [-0.15, -0.1) is 10.2 Å². The number of rotatable bonds is 27. The van der Waals surface area contributed by atoms with Gasteiger partial charge in [0.1, 0.15) is 35.1 Å². The van der Waals surface area contributed by atoms with Gasteiger partial charge in [0.05, 0.1) is 110 Å². The number of carbonyl (C=O) groups excluding carboxylic acids is 11. The number of fused-ring (bicyclic) bond motifs is 4. The summed E-state index contributed by atoms with van der Waals surface area (Å²) in [5, 5.41) is 51.9. The number of alkyl halides is 7. The Bertz CT molecular complexity index is 6370. The van der Waals surface area contributed by atoms with Crippen molar-refractivity contribution in [3.05, 3.63) is 201 Å². The van der Waals surface area contributed by atoms with Crippen LogP contribution < -0.4 is 53.6 Å². The van der Waals surface area contributed by atoms with Crippen molar-refractivity contribution < 1.29 is 104 Å². The van der Waals surface area contributed by atoms with E-state index in [9.17, 15) is 92.7 Å². The maximum absolute atomic E-state index is 15.5. The van der Waals surface area contributed by atoms with Crippen LogP contribution in [0.5, 0.6) is 0 Å². The number of carboxylic acid groups (broad SMARTS) is 1. The highest BCUT2D eigenvalue weighted by Gasteiger charge is 2.53. The number of anilines is 4. The first kappa shape index (κ1) is 92.1. The van der Waals surface area contributed by atoms with Gasteiger partial charge in [0.2, 0.25) is 23.6 Å². The first-order valence-corrected chi connectivity index (χ1v) is 41.9. The maximum Gasteiger partial charge on any atom is 0.417 e. The Balaban J connectivity index is 0.000000173. The van der Waals surface area contributed by atoms with E-state index in [1.807, 2.05) is 6.20 Å². The zero-order valence-corrected chi connectivity index (χ0v) is 70.0. The largest absolute Gasteiger partial charge is 0.478 e. The molecular weight excluding hydrogens is 1740 g/mol. The molecule has 42 heteroatoms. The van der Waals surface area contributed by atoms with Crippen molar-refractivity contribution in [2.24, 2.45) is 5.73 Å². The predicted molar refractivity (Wildman–Crippen MR) is 460 cm³/mol. The molecule has 10 aromatic rings. The van der Waals surface area contributed by atoms with E-state index in [4.69, 9.17) is 12.2 Å². The molecule has 33 nitrogen and oxygen atoms in total.